The van der Waals surface area contributed by atoms with Crippen LogP contribution in [0.4, 0.5) is 16.2 Å². The highest BCUT2D eigenvalue weighted by atomic mass is 35.5. The van der Waals surface area contributed by atoms with E-state index in [0.29, 0.717) is 27.9 Å². The molecule has 3 N–H and O–H groups in total. The topological polar surface area (TPSA) is 75.4 Å². The van der Waals surface area contributed by atoms with Gasteiger partial charge in [0.15, 0.2) is 11.5 Å². The number of ether oxygens (including phenoxy) is 2. The molecule has 0 unspecified atom stereocenters. The van der Waals surface area contributed by atoms with E-state index in [1.54, 1.807) is 32.4 Å². The van der Waals surface area contributed by atoms with Gasteiger partial charge in [0.2, 0.25) is 0 Å². The number of fused-ring (bicyclic) bond motifs is 1. The lowest BCUT2D eigenvalue weighted by atomic mass is 10.1. The number of methoxy groups -OCH3 is 2. The minimum Gasteiger partial charge on any atom is -0.493 e. The zero-order valence-electron chi connectivity index (χ0n) is 16.5. The number of carbonyl (C=O) groups excluding carboxylic acids is 1. The summed E-state index contributed by atoms with van der Waals surface area (Å²) in [4.78, 5) is 15.7. The molecule has 1 heterocycles. The Kier molecular flexibility index (Phi) is 5.50. The van der Waals surface area contributed by atoms with Gasteiger partial charge in [-0.1, -0.05) is 23.7 Å². The molecule has 0 aliphatic rings. The van der Waals surface area contributed by atoms with Gasteiger partial charge in [-0.3, -0.25) is 0 Å². The van der Waals surface area contributed by atoms with Crippen LogP contribution in [-0.2, 0) is 0 Å². The second-order valence-electron chi connectivity index (χ2n) is 6.64. The highest BCUT2D eigenvalue weighted by Gasteiger charge is 2.09. The highest BCUT2D eigenvalue weighted by molar-refractivity contribution is 6.31. The summed E-state index contributed by atoms with van der Waals surface area (Å²) < 4.78 is 10.5. The molecule has 0 fully saturated rings. The van der Waals surface area contributed by atoms with Gasteiger partial charge in [-0.25, -0.2) is 4.79 Å². The third-order valence-electron chi connectivity index (χ3n) is 4.68. The van der Waals surface area contributed by atoms with E-state index in [9.17, 15) is 4.79 Å². The largest absolute Gasteiger partial charge is 0.493 e. The highest BCUT2D eigenvalue weighted by Crippen LogP contribution is 2.30. The minimum absolute atomic E-state index is 0.352. The van der Waals surface area contributed by atoms with E-state index in [2.05, 4.69) is 15.6 Å². The maximum absolute atomic E-state index is 12.3. The number of aromatic amines is 1. The third-order valence-corrected chi connectivity index (χ3v) is 4.91. The number of H-pyrrole nitrogens is 1. The second-order valence-corrected chi connectivity index (χ2v) is 7.08. The molecule has 30 heavy (non-hydrogen) atoms. The Hall–Kier alpha value is -3.64. The summed E-state index contributed by atoms with van der Waals surface area (Å²) in [6, 6.07) is 20.2. The molecule has 2 amide bonds. The third kappa shape index (κ3) is 4.18. The van der Waals surface area contributed by atoms with Crippen molar-refractivity contribution in [2.45, 2.75) is 0 Å². The molecule has 4 rings (SSSR count). The molecule has 0 aliphatic heterocycles. The summed E-state index contributed by atoms with van der Waals surface area (Å²) in [6.07, 6.45) is 0. The van der Waals surface area contributed by atoms with Crippen molar-refractivity contribution in [2.75, 3.05) is 24.9 Å². The van der Waals surface area contributed by atoms with Crippen molar-refractivity contribution in [1.29, 1.82) is 0 Å². The predicted molar refractivity (Wildman–Crippen MR) is 121 cm³/mol. The lowest BCUT2D eigenvalue weighted by Gasteiger charge is -2.11. The van der Waals surface area contributed by atoms with Crippen LogP contribution < -0.4 is 20.1 Å². The van der Waals surface area contributed by atoms with Crippen LogP contribution in [0.3, 0.4) is 0 Å². The molecule has 0 radical (unpaired) electrons. The van der Waals surface area contributed by atoms with Crippen LogP contribution in [0.5, 0.6) is 11.5 Å². The Morgan fingerprint density at radius 3 is 2.27 bits per heavy atom. The molecule has 3 aromatic carbocycles. The number of rotatable bonds is 5. The monoisotopic (exact) mass is 421 g/mol. The Labute approximate surface area is 178 Å². The molecule has 0 aliphatic carbocycles. The van der Waals surface area contributed by atoms with Gasteiger partial charge in [0.1, 0.15) is 0 Å². The number of anilines is 2. The van der Waals surface area contributed by atoms with Crippen LogP contribution in [0.2, 0.25) is 5.02 Å². The molecule has 6 nitrogen and oxygen atoms in total. The summed E-state index contributed by atoms with van der Waals surface area (Å²) in [5.41, 5.74) is 4.28. The molecule has 1 aromatic heterocycles. The fourth-order valence-electron chi connectivity index (χ4n) is 3.20. The van der Waals surface area contributed by atoms with E-state index < -0.39 is 0 Å². The number of benzene rings is 3. The number of nitrogens with one attached hydrogen (secondary N) is 3. The van der Waals surface area contributed by atoms with E-state index in [1.807, 2.05) is 48.5 Å². The Balaban J connectivity index is 1.44. The maximum atomic E-state index is 12.3. The molecule has 0 saturated carbocycles. The molecule has 4 aromatic rings. The lowest BCUT2D eigenvalue weighted by molar-refractivity contribution is 0.262. The Morgan fingerprint density at radius 2 is 1.53 bits per heavy atom. The van der Waals surface area contributed by atoms with Crippen molar-refractivity contribution in [3.05, 3.63) is 71.8 Å². The number of carbonyl (C=O) groups is 1. The van der Waals surface area contributed by atoms with Crippen LogP contribution in [0, 0.1) is 0 Å². The maximum Gasteiger partial charge on any atom is 0.323 e. The number of aromatic nitrogens is 1. The molecule has 0 spiro atoms. The van der Waals surface area contributed by atoms with Gasteiger partial charge in [0, 0.05) is 39.1 Å². The summed E-state index contributed by atoms with van der Waals surface area (Å²) in [6.45, 7) is 0. The zero-order valence-corrected chi connectivity index (χ0v) is 17.2. The second kappa shape index (κ2) is 8.39. The molecular formula is C23H20ClN3O3. The molecule has 7 heteroatoms. The van der Waals surface area contributed by atoms with E-state index in [-0.39, 0.29) is 6.03 Å². The van der Waals surface area contributed by atoms with Gasteiger partial charge in [-0.2, -0.15) is 0 Å². The SMILES string of the molecule is COc1ccc(NC(=O)Nc2ccc(-c3cc4cc(Cl)ccc4[nH]3)cc2)cc1OC. The zero-order chi connectivity index (χ0) is 21.1. The molecule has 0 atom stereocenters. The van der Waals surface area contributed by atoms with Gasteiger partial charge < -0.3 is 25.1 Å². The van der Waals surface area contributed by atoms with Crippen molar-refractivity contribution in [2.24, 2.45) is 0 Å². The lowest BCUT2D eigenvalue weighted by Crippen LogP contribution is -2.19. The van der Waals surface area contributed by atoms with Crippen molar-refractivity contribution in [3.8, 4) is 22.8 Å². The fourth-order valence-corrected chi connectivity index (χ4v) is 3.38. The van der Waals surface area contributed by atoms with Gasteiger partial charge in [0.25, 0.3) is 0 Å². The first-order valence-corrected chi connectivity index (χ1v) is 9.62. The van der Waals surface area contributed by atoms with Crippen molar-refractivity contribution in [1.82, 2.24) is 4.98 Å². The average Bonchev–Trinajstić information content (AvgIpc) is 3.17. The number of amides is 2. The number of hydrogen-bond donors (Lipinski definition) is 3. The normalized spacial score (nSPS) is 10.6. The molecule has 0 saturated heterocycles. The van der Waals surface area contributed by atoms with E-state index in [0.717, 1.165) is 22.2 Å². The van der Waals surface area contributed by atoms with Crippen LogP contribution in [0.15, 0.2) is 66.7 Å². The van der Waals surface area contributed by atoms with Crippen molar-refractivity contribution in [3.63, 3.8) is 0 Å². The molecule has 152 valence electrons. The first-order valence-electron chi connectivity index (χ1n) is 9.24. The number of halogens is 1. The number of urea groups is 1. The summed E-state index contributed by atoms with van der Waals surface area (Å²) >= 11 is 6.06. The number of hydrogen-bond acceptors (Lipinski definition) is 3. The first kappa shape index (κ1) is 19.7. The summed E-state index contributed by atoms with van der Waals surface area (Å²) in [5, 5.41) is 7.35. The van der Waals surface area contributed by atoms with E-state index >= 15 is 0 Å². The smallest absolute Gasteiger partial charge is 0.323 e. The summed E-state index contributed by atoms with van der Waals surface area (Å²) in [7, 11) is 3.11. The average molecular weight is 422 g/mol. The Bertz CT molecular complexity index is 1200. The molecule has 0 bridgehead atoms. The van der Waals surface area contributed by atoms with E-state index in [4.69, 9.17) is 21.1 Å². The van der Waals surface area contributed by atoms with Gasteiger partial charge >= 0.3 is 6.03 Å². The molecular weight excluding hydrogens is 402 g/mol. The van der Waals surface area contributed by atoms with Gasteiger partial charge in [-0.05, 0) is 54.1 Å². The quantitative estimate of drug-likeness (QED) is 0.361. The van der Waals surface area contributed by atoms with Crippen LogP contribution in [-0.4, -0.2) is 25.2 Å². The van der Waals surface area contributed by atoms with Crippen LogP contribution in [0.1, 0.15) is 0 Å². The fraction of sp³-hybridized carbons (Fsp3) is 0.0870. The van der Waals surface area contributed by atoms with Gasteiger partial charge in [-0.15, -0.1) is 0 Å². The van der Waals surface area contributed by atoms with E-state index in [1.165, 1.54) is 0 Å². The minimum atomic E-state index is -0.352. The first-order chi connectivity index (χ1) is 14.6. The van der Waals surface area contributed by atoms with Crippen LogP contribution >= 0.6 is 11.6 Å². The standard InChI is InChI=1S/C23H20ClN3O3/c1-29-21-10-8-18(13-22(21)30-2)26-23(28)25-17-6-3-14(4-7-17)20-12-15-11-16(24)5-9-19(15)27-20/h3-13,27H,1-2H3,(H2,25,26,28). The predicted octanol–water partition coefficient (Wildman–Crippen LogP) is 6.15. The van der Waals surface area contributed by atoms with Crippen molar-refractivity contribution < 1.29 is 14.3 Å². The van der Waals surface area contributed by atoms with Gasteiger partial charge in [0.05, 0.1) is 14.2 Å². The Morgan fingerprint density at radius 1 is 0.833 bits per heavy atom. The van der Waals surface area contributed by atoms with Crippen LogP contribution in [0.25, 0.3) is 22.2 Å². The summed E-state index contributed by atoms with van der Waals surface area (Å²) in [5.74, 6) is 1.14. The van der Waals surface area contributed by atoms with Crippen molar-refractivity contribution >= 4 is 39.9 Å².